The molecule has 6 heavy (non-hydrogen) atoms. The summed E-state index contributed by atoms with van der Waals surface area (Å²) in [5.41, 5.74) is 0. The molecule has 0 heterocycles. The van der Waals surface area contributed by atoms with Crippen molar-refractivity contribution in [2.75, 3.05) is 6.54 Å². The summed E-state index contributed by atoms with van der Waals surface area (Å²) in [6.45, 7) is 2.59. The first-order valence-corrected chi connectivity index (χ1v) is 2.40. The van der Waals surface area contributed by atoms with E-state index < -0.39 is 0 Å². The van der Waals surface area contributed by atoms with Crippen LogP contribution in [0.25, 0.3) is 0 Å². The Bertz CT molecular complexity index is 48.1. The van der Waals surface area contributed by atoms with Gasteiger partial charge in [0.15, 0.2) is 0 Å². The van der Waals surface area contributed by atoms with Crippen LogP contribution in [0.3, 0.4) is 0 Å². The summed E-state index contributed by atoms with van der Waals surface area (Å²) in [5, 5.41) is 0. The van der Waals surface area contributed by atoms with Crippen molar-refractivity contribution in [1.29, 1.82) is 0 Å². The average molecular weight is 152 g/mol. The number of carbonyl (C=O) groups is 1. The summed E-state index contributed by atoms with van der Waals surface area (Å²) >= 11 is 2.94. The van der Waals surface area contributed by atoms with Crippen LogP contribution >= 0.6 is 16.1 Å². The van der Waals surface area contributed by atoms with E-state index in [0.717, 1.165) is 6.41 Å². The first kappa shape index (κ1) is 5.95. The summed E-state index contributed by atoms with van der Waals surface area (Å²) in [7, 11) is 0. The fourth-order valence-corrected chi connectivity index (χ4v) is 0.0745. The normalized spacial score (nSPS) is 7.67. The molecule has 0 aliphatic rings. The molecule has 0 aromatic rings. The zero-order chi connectivity index (χ0) is 4.99. The van der Waals surface area contributed by atoms with Gasteiger partial charge in [-0.1, -0.05) is 0 Å². The Morgan fingerprint density at radius 1 is 2.00 bits per heavy atom. The van der Waals surface area contributed by atoms with E-state index in [1.54, 1.807) is 0 Å². The van der Waals surface area contributed by atoms with Crippen LogP contribution in [0.4, 0.5) is 0 Å². The van der Waals surface area contributed by atoms with Crippen molar-refractivity contribution in [2.45, 2.75) is 6.92 Å². The lowest BCUT2D eigenvalue weighted by molar-refractivity contribution is -0.113. The molecule has 0 saturated carbocycles. The first-order valence-electron chi connectivity index (χ1n) is 1.69. The predicted molar refractivity (Wildman–Crippen MR) is 27.4 cm³/mol. The van der Waals surface area contributed by atoms with Gasteiger partial charge in [-0.15, -0.1) is 0 Å². The quantitative estimate of drug-likeness (QED) is 0.422. The maximum absolute atomic E-state index is 9.61. The molecule has 0 aliphatic heterocycles. The second kappa shape index (κ2) is 3.15. The van der Waals surface area contributed by atoms with Gasteiger partial charge in [0.25, 0.3) is 0 Å². The zero-order valence-corrected chi connectivity index (χ0v) is 5.10. The van der Waals surface area contributed by atoms with Crippen molar-refractivity contribution in [3.63, 3.8) is 0 Å². The van der Waals surface area contributed by atoms with E-state index in [2.05, 4.69) is 16.1 Å². The SMILES string of the molecule is CCN(Br)C=O. The minimum Gasteiger partial charge on any atom is -0.282 e. The van der Waals surface area contributed by atoms with Crippen molar-refractivity contribution in [1.82, 2.24) is 3.93 Å². The molecule has 0 spiro atoms. The molecule has 0 aliphatic carbocycles. The average Bonchev–Trinajstić information content (AvgIpc) is 1.65. The molecule has 0 N–H and O–H groups in total. The van der Waals surface area contributed by atoms with Gasteiger partial charge in [0.05, 0.1) is 16.1 Å². The highest BCUT2D eigenvalue weighted by Crippen LogP contribution is 1.87. The maximum atomic E-state index is 9.61. The first-order chi connectivity index (χ1) is 2.81. The molecule has 36 valence electrons. The lowest BCUT2D eigenvalue weighted by atomic mass is 10.8. The van der Waals surface area contributed by atoms with Crippen LogP contribution in [0.2, 0.25) is 0 Å². The lowest BCUT2D eigenvalue weighted by Crippen LogP contribution is -2.05. The topological polar surface area (TPSA) is 20.3 Å². The van der Waals surface area contributed by atoms with Crippen LogP contribution in [-0.4, -0.2) is 16.9 Å². The van der Waals surface area contributed by atoms with Crippen LogP contribution in [0, 0.1) is 0 Å². The van der Waals surface area contributed by atoms with Crippen molar-refractivity contribution in [3.05, 3.63) is 0 Å². The number of amides is 1. The molecular weight excluding hydrogens is 146 g/mol. The summed E-state index contributed by atoms with van der Waals surface area (Å²) in [4.78, 5) is 9.61. The molecule has 0 bridgehead atoms. The second-order valence-electron chi connectivity index (χ2n) is 0.821. The number of hydrogen-bond donors (Lipinski definition) is 0. The van der Waals surface area contributed by atoms with Crippen molar-refractivity contribution in [3.8, 4) is 0 Å². The summed E-state index contributed by atoms with van der Waals surface area (Å²) in [6.07, 6.45) is 0.722. The minimum absolute atomic E-state index is 0.712. The lowest BCUT2D eigenvalue weighted by Gasteiger charge is -1.97. The number of carbonyl (C=O) groups excluding carboxylic acids is 1. The second-order valence-corrected chi connectivity index (χ2v) is 1.73. The van der Waals surface area contributed by atoms with Crippen molar-refractivity contribution < 1.29 is 4.79 Å². The Morgan fingerprint density at radius 2 is 2.50 bits per heavy atom. The molecule has 2 nitrogen and oxygen atoms in total. The summed E-state index contributed by atoms with van der Waals surface area (Å²) < 4.78 is 1.38. The standard InChI is InChI=1S/C3H6BrNO/c1-2-5(4)3-6/h3H,2H2,1H3. The predicted octanol–water partition coefficient (Wildman–Crippen LogP) is 0.775. The number of halogens is 1. The van der Waals surface area contributed by atoms with Crippen LogP contribution < -0.4 is 0 Å². The highest BCUT2D eigenvalue weighted by Gasteiger charge is 1.82. The van der Waals surface area contributed by atoms with Gasteiger partial charge in [0.2, 0.25) is 6.41 Å². The van der Waals surface area contributed by atoms with E-state index in [4.69, 9.17) is 0 Å². The van der Waals surface area contributed by atoms with Gasteiger partial charge in [0, 0.05) is 6.54 Å². The number of rotatable bonds is 2. The Morgan fingerprint density at radius 3 is 2.50 bits per heavy atom. The van der Waals surface area contributed by atoms with Crippen LogP contribution in [0.5, 0.6) is 0 Å². The molecule has 3 heteroatoms. The fraction of sp³-hybridized carbons (Fsp3) is 0.667. The van der Waals surface area contributed by atoms with Gasteiger partial charge in [-0.2, -0.15) is 0 Å². The number of nitrogens with zero attached hydrogens (tertiary/aromatic N) is 1. The Hall–Kier alpha value is -0.0500. The van der Waals surface area contributed by atoms with E-state index >= 15 is 0 Å². The molecule has 0 aromatic carbocycles. The van der Waals surface area contributed by atoms with E-state index in [-0.39, 0.29) is 0 Å². The van der Waals surface area contributed by atoms with Gasteiger partial charge in [-0.3, -0.25) is 8.72 Å². The van der Waals surface area contributed by atoms with Gasteiger partial charge in [-0.25, -0.2) is 0 Å². The summed E-state index contributed by atoms with van der Waals surface area (Å²) in [5.74, 6) is 0. The molecule has 1 amide bonds. The molecule has 0 radical (unpaired) electrons. The minimum atomic E-state index is 0.712. The van der Waals surface area contributed by atoms with E-state index in [0.29, 0.717) is 6.54 Å². The largest absolute Gasteiger partial charge is 0.282 e. The molecule has 0 atom stereocenters. The molecular formula is C3H6BrNO. The summed E-state index contributed by atoms with van der Waals surface area (Å²) in [6, 6.07) is 0. The zero-order valence-electron chi connectivity index (χ0n) is 3.52. The van der Waals surface area contributed by atoms with Crippen LogP contribution in [0.1, 0.15) is 6.92 Å². The smallest absolute Gasteiger partial charge is 0.219 e. The van der Waals surface area contributed by atoms with Crippen molar-refractivity contribution in [2.24, 2.45) is 0 Å². The van der Waals surface area contributed by atoms with Gasteiger partial charge < -0.3 is 0 Å². The molecule has 0 saturated heterocycles. The van der Waals surface area contributed by atoms with E-state index in [9.17, 15) is 4.79 Å². The molecule has 0 unspecified atom stereocenters. The third kappa shape index (κ3) is 2.20. The van der Waals surface area contributed by atoms with Gasteiger partial charge >= 0.3 is 0 Å². The molecule has 0 aromatic heterocycles. The van der Waals surface area contributed by atoms with E-state index in [1.807, 2.05) is 6.92 Å². The third-order valence-corrected chi connectivity index (χ3v) is 1.09. The monoisotopic (exact) mass is 151 g/mol. The van der Waals surface area contributed by atoms with Gasteiger partial charge in [-0.05, 0) is 6.92 Å². The highest BCUT2D eigenvalue weighted by atomic mass is 79.9. The molecule has 0 rings (SSSR count). The van der Waals surface area contributed by atoms with Gasteiger partial charge in [0.1, 0.15) is 0 Å². The van der Waals surface area contributed by atoms with Crippen LogP contribution in [0.15, 0.2) is 0 Å². The maximum Gasteiger partial charge on any atom is 0.219 e. The number of hydrogen-bond acceptors (Lipinski definition) is 1. The Balaban J connectivity index is 2.96. The Kier molecular flexibility index (Phi) is 3.13. The molecule has 0 fully saturated rings. The highest BCUT2D eigenvalue weighted by molar-refractivity contribution is 9.07. The van der Waals surface area contributed by atoms with E-state index in [1.165, 1.54) is 3.93 Å². The van der Waals surface area contributed by atoms with Crippen LogP contribution in [-0.2, 0) is 4.79 Å². The fourth-order valence-electron chi connectivity index (χ4n) is 0.0745. The third-order valence-electron chi connectivity index (χ3n) is 0.416. The Labute approximate surface area is 45.5 Å². The van der Waals surface area contributed by atoms with Crippen molar-refractivity contribution >= 4 is 22.6 Å².